The summed E-state index contributed by atoms with van der Waals surface area (Å²) in [4.78, 5) is 0. The van der Waals surface area contributed by atoms with Crippen molar-refractivity contribution in [2.75, 3.05) is 0 Å². The highest BCUT2D eigenvalue weighted by Gasteiger charge is 1.94. The van der Waals surface area contributed by atoms with Crippen molar-refractivity contribution < 1.29 is 4.74 Å². The molecule has 0 saturated carbocycles. The molecule has 0 fully saturated rings. The van der Waals surface area contributed by atoms with E-state index in [0.717, 1.165) is 5.56 Å². The Kier molecular flexibility index (Phi) is 1.20. The van der Waals surface area contributed by atoms with Gasteiger partial charge in [0.05, 0.1) is 6.20 Å². The van der Waals surface area contributed by atoms with Gasteiger partial charge in [-0.1, -0.05) is 0 Å². The molecule has 0 spiro atoms. The summed E-state index contributed by atoms with van der Waals surface area (Å²) in [6.07, 6.45) is 1.68. The van der Waals surface area contributed by atoms with Crippen LogP contribution in [0.1, 0.15) is 5.56 Å². The third-order valence-corrected chi connectivity index (χ3v) is 0.927. The number of H-pyrrole nitrogens is 1. The van der Waals surface area contributed by atoms with Gasteiger partial charge in [0.1, 0.15) is 7.11 Å². The van der Waals surface area contributed by atoms with Crippen molar-refractivity contribution in [2.45, 2.75) is 6.92 Å². The van der Waals surface area contributed by atoms with Crippen molar-refractivity contribution >= 4 is 0 Å². The number of hydrogen-bond acceptors (Lipinski definition) is 2. The van der Waals surface area contributed by atoms with Gasteiger partial charge in [0.15, 0.2) is 0 Å². The first-order valence-electron chi connectivity index (χ1n) is 2.26. The molecule has 0 aliphatic carbocycles. The number of nitrogens with zero attached hydrogens (tertiary/aromatic N) is 1. The Morgan fingerprint density at radius 3 is 2.88 bits per heavy atom. The molecule has 0 saturated heterocycles. The number of nitrogens with one attached hydrogen (secondary N) is 1. The second kappa shape index (κ2) is 1.86. The third kappa shape index (κ3) is 0.665. The second-order valence-corrected chi connectivity index (χ2v) is 1.53. The quantitative estimate of drug-likeness (QED) is 0.584. The van der Waals surface area contributed by atoms with Gasteiger partial charge >= 0.3 is 0 Å². The van der Waals surface area contributed by atoms with Crippen molar-refractivity contribution in [3.05, 3.63) is 18.9 Å². The Hall–Kier alpha value is -0.990. The molecule has 0 atom stereocenters. The van der Waals surface area contributed by atoms with Crippen LogP contribution in [0, 0.1) is 14.0 Å². The zero-order chi connectivity index (χ0) is 5.98. The fourth-order valence-electron chi connectivity index (χ4n) is 0.481. The molecule has 0 aromatic carbocycles. The molecule has 0 aliphatic heterocycles. The minimum atomic E-state index is 0.630. The summed E-state index contributed by atoms with van der Waals surface area (Å²) in [6, 6.07) is 0. The van der Waals surface area contributed by atoms with E-state index < -0.39 is 0 Å². The summed E-state index contributed by atoms with van der Waals surface area (Å²) in [5.74, 6) is 0.630. The van der Waals surface area contributed by atoms with Crippen LogP contribution in [-0.4, -0.2) is 10.2 Å². The highest BCUT2D eigenvalue weighted by Crippen LogP contribution is 2.09. The van der Waals surface area contributed by atoms with Gasteiger partial charge < -0.3 is 4.74 Å². The lowest BCUT2D eigenvalue weighted by molar-refractivity contribution is 0.449. The molecule has 3 heteroatoms. The summed E-state index contributed by atoms with van der Waals surface area (Å²) >= 11 is 0. The predicted octanol–water partition coefficient (Wildman–Crippen LogP) is 0.889. The number of aryl methyl sites for hydroxylation is 1. The predicted molar refractivity (Wildman–Crippen MR) is 29.3 cm³/mol. The minimum absolute atomic E-state index is 0.630. The summed E-state index contributed by atoms with van der Waals surface area (Å²) in [5.41, 5.74) is 0.972. The maximum absolute atomic E-state index is 4.62. The maximum Gasteiger partial charge on any atom is 0.212 e. The van der Waals surface area contributed by atoms with Crippen LogP contribution in [0.4, 0.5) is 0 Å². The van der Waals surface area contributed by atoms with Crippen LogP contribution in [0.25, 0.3) is 0 Å². The van der Waals surface area contributed by atoms with Crippen molar-refractivity contribution in [3.63, 3.8) is 0 Å². The number of ether oxygens (including phenoxy) is 1. The normalized spacial score (nSPS) is 9.25. The van der Waals surface area contributed by atoms with E-state index in [-0.39, 0.29) is 0 Å². The maximum atomic E-state index is 4.62. The van der Waals surface area contributed by atoms with Crippen LogP contribution in [0.15, 0.2) is 6.20 Å². The second-order valence-electron chi connectivity index (χ2n) is 1.53. The summed E-state index contributed by atoms with van der Waals surface area (Å²) in [7, 11) is 3.22. The molecule has 1 heterocycles. The molecule has 1 radical (unpaired) electrons. The topological polar surface area (TPSA) is 37.9 Å². The van der Waals surface area contributed by atoms with Gasteiger partial charge in [-0.2, -0.15) is 5.10 Å². The molecule has 0 amide bonds. The molecule has 1 rings (SSSR count). The SMILES string of the molecule is [CH2]Oc1[nH]ncc1C. The lowest BCUT2D eigenvalue weighted by Crippen LogP contribution is -1.79. The Morgan fingerprint density at radius 2 is 2.62 bits per heavy atom. The molecule has 1 aromatic heterocycles. The molecular weight excluding hydrogens is 104 g/mol. The van der Waals surface area contributed by atoms with Gasteiger partial charge in [0, 0.05) is 5.56 Å². The summed E-state index contributed by atoms with van der Waals surface area (Å²) < 4.78 is 4.62. The zero-order valence-corrected chi connectivity index (χ0v) is 4.64. The number of aromatic nitrogens is 2. The molecule has 3 nitrogen and oxygen atoms in total. The Bertz CT molecular complexity index is 171. The fraction of sp³-hybridized carbons (Fsp3) is 0.200. The molecule has 0 bridgehead atoms. The molecule has 0 aliphatic rings. The van der Waals surface area contributed by atoms with Crippen LogP contribution in [0.3, 0.4) is 0 Å². The van der Waals surface area contributed by atoms with E-state index >= 15 is 0 Å². The van der Waals surface area contributed by atoms with Gasteiger partial charge in [0.25, 0.3) is 0 Å². The number of hydrogen-bond donors (Lipinski definition) is 1. The first-order valence-corrected chi connectivity index (χ1v) is 2.26. The highest BCUT2D eigenvalue weighted by molar-refractivity contribution is 5.19. The molecular formula is C5H7N2O. The van der Waals surface area contributed by atoms with Gasteiger partial charge in [-0.05, 0) is 6.92 Å². The van der Waals surface area contributed by atoms with E-state index in [1.54, 1.807) is 6.20 Å². The van der Waals surface area contributed by atoms with E-state index in [1.807, 2.05) is 6.92 Å². The summed E-state index contributed by atoms with van der Waals surface area (Å²) in [5, 5.41) is 6.32. The Balaban J connectivity index is 2.92. The lowest BCUT2D eigenvalue weighted by Gasteiger charge is -1.90. The molecule has 43 valence electrons. The first kappa shape index (κ1) is 5.15. The van der Waals surface area contributed by atoms with E-state index in [1.165, 1.54) is 0 Å². The van der Waals surface area contributed by atoms with Crippen molar-refractivity contribution in [1.29, 1.82) is 0 Å². The van der Waals surface area contributed by atoms with Crippen molar-refractivity contribution in [2.24, 2.45) is 0 Å². The lowest BCUT2D eigenvalue weighted by atomic mass is 10.4. The van der Waals surface area contributed by atoms with Crippen LogP contribution in [-0.2, 0) is 0 Å². The average molecular weight is 111 g/mol. The highest BCUT2D eigenvalue weighted by atomic mass is 16.5. The first-order chi connectivity index (χ1) is 3.84. The molecule has 8 heavy (non-hydrogen) atoms. The fourth-order valence-corrected chi connectivity index (χ4v) is 0.481. The summed E-state index contributed by atoms with van der Waals surface area (Å²) in [6.45, 7) is 1.89. The number of rotatable bonds is 1. The Morgan fingerprint density at radius 1 is 1.88 bits per heavy atom. The van der Waals surface area contributed by atoms with Gasteiger partial charge in [-0.3, -0.25) is 0 Å². The van der Waals surface area contributed by atoms with Crippen LogP contribution in [0.2, 0.25) is 0 Å². The molecule has 1 aromatic rings. The van der Waals surface area contributed by atoms with E-state index in [4.69, 9.17) is 0 Å². The minimum Gasteiger partial charge on any atom is -0.474 e. The number of aromatic amines is 1. The van der Waals surface area contributed by atoms with Crippen molar-refractivity contribution in [3.8, 4) is 5.88 Å². The standard InChI is InChI=1S/C5H7N2O/c1-4-3-6-7-5(4)8-2/h3H,2H2,1H3,(H,6,7). The van der Waals surface area contributed by atoms with Crippen LogP contribution < -0.4 is 4.74 Å². The van der Waals surface area contributed by atoms with Gasteiger partial charge in [-0.15, -0.1) is 0 Å². The average Bonchev–Trinajstić information content (AvgIpc) is 2.14. The largest absolute Gasteiger partial charge is 0.474 e. The van der Waals surface area contributed by atoms with Crippen molar-refractivity contribution in [1.82, 2.24) is 10.2 Å². The molecule has 0 unspecified atom stereocenters. The van der Waals surface area contributed by atoms with Crippen LogP contribution >= 0.6 is 0 Å². The van der Waals surface area contributed by atoms with E-state index in [0.29, 0.717) is 5.88 Å². The Labute approximate surface area is 47.7 Å². The van der Waals surface area contributed by atoms with E-state index in [2.05, 4.69) is 22.0 Å². The molecule has 1 N–H and O–H groups in total. The smallest absolute Gasteiger partial charge is 0.212 e. The third-order valence-electron chi connectivity index (χ3n) is 0.927. The van der Waals surface area contributed by atoms with Gasteiger partial charge in [0.2, 0.25) is 5.88 Å². The monoisotopic (exact) mass is 111 g/mol. The van der Waals surface area contributed by atoms with Crippen LogP contribution in [0.5, 0.6) is 5.88 Å². The van der Waals surface area contributed by atoms with E-state index in [9.17, 15) is 0 Å². The zero-order valence-electron chi connectivity index (χ0n) is 4.64. The van der Waals surface area contributed by atoms with Gasteiger partial charge in [-0.25, -0.2) is 5.10 Å².